The summed E-state index contributed by atoms with van der Waals surface area (Å²) in [7, 11) is 1.52. The van der Waals surface area contributed by atoms with E-state index in [4.69, 9.17) is 4.74 Å². The predicted molar refractivity (Wildman–Crippen MR) is 80.3 cm³/mol. The third-order valence-corrected chi connectivity index (χ3v) is 3.29. The van der Waals surface area contributed by atoms with Crippen molar-refractivity contribution in [1.29, 1.82) is 0 Å². The van der Waals surface area contributed by atoms with Gasteiger partial charge in [0, 0.05) is 5.56 Å². The van der Waals surface area contributed by atoms with Crippen molar-refractivity contribution >= 4 is 5.97 Å². The fourth-order valence-corrected chi connectivity index (χ4v) is 2.22. The summed E-state index contributed by atoms with van der Waals surface area (Å²) in [6.45, 7) is 0. The Labute approximate surface area is 130 Å². The molecule has 1 heterocycles. The van der Waals surface area contributed by atoms with Crippen molar-refractivity contribution in [2.45, 2.75) is 0 Å². The highest BCUT2D eigenvalue weighted by Gasteiger charge is 2.21. The molecule has 116 valence electrons. The lowest BCUT2D eigenvalue weighted by molar-refractivity contribution is 0.0691. The van der Waals surface area contributed by atoms with Crippen LogP contribution in [0.2, 0.25) is 0 Å². The van der Waals surface area contributed by atoms with Gasteiger partial charge in [0.2, 0.25) is 0 Å². The highest BCUT2D eigenvalue weighted by Crippen LogP contribution is 2.28. The highest BCUT2D eigenvalue weighted by molar-refractivity contribution is 5.93. The fraction of sp³-hybridized carbons (Fsp3) is 0.0625. The van der Waals surface area contributed by atoms with Gasteiger partial charge in [-0.2, -0.15) is 0 Å². The van der Waals surface area contributed by atoms with Crippen LogP contribution in [-0.4, -0.2) is 33.2 Å². The van der Waals surface area contributed by atoms with Gasteiger partial charge in [-0.15, -0.1) is 5.10 Å². The minimum Gasteiger partial charge on any atom is -0.497 e. The molecule has 0 amide bonds. The number of aromatic nitrogens is 3. The molecule has 7 heteroatoms. The zero-order chi connectivity index (χ0) is 16.4. The number of nitrogens with zero attached hydrogens (tertiary/aromatic N) is 3. The first kappa shape index (κ1) is 14.7. The van der Waals surface area contributed by atoms with Gasteiger partial charge in [-0.05, 0) is 36.4 Å². The lowest BCUT2D eigenvalue weighted by Gasteiger charge is -2.08. The molecule has 0 saturated carbocycles. The van der Waals surface area contributed by atoms with E-state index < -0.39 is 11.8 Å². The normalized spacial score (nSPS) is 10.5. The number of methoxy groups -OCH3 is 1. The Morgan fingerprint density at radius 3 is 2.61 bits per heavy atom. The third kappa shape index (κ3) is 2.76. The van der Waals surface area contributed by atoms with Crippen molar-refractivity contribution in [1.82, 2.24) is 15.0 Å². The largest absolute Gasteiger partial charge is 0.497 e. The van der Waals surface area contributed by atoms with Gasteiger partial charge in [0.25, 0.3) is 0 Å². The standard InChI is InChI=1S/C16H12FN3O3/c1-23-13-4-2-3-10(9-13)15-14(16(21)22)18-19-20(15)12-7-5-11(17)6-8-12/h2-9H,1H3,(H,21,22). The second-order valence-electron chi connectivity index (χ2n) is 4.71. The van der Waals surface area contributed by atoms with Crippen LogP contribution < -0.4 is 4.74 Å². The summed E-state index contributed by atoms with van der Waals surface area (Å²) in [5, 5.41) is 17.0. The Bertz CT molecular complexity index is 859. The molecular formula is C16H12FN3O3. The van der Waals surface area contributed by atoms with Gasteiger partial charge in [-0.3, -0.25) is 0 Å². The van der Waals surface area contributed by atoms with Crippen molar-refractivity contribution in [3.8, 4) is 22.7 Å². The first-order valence-corrected chi connectivity index (χ1v) is 6.69. The van der Waals surface area contributed by atoms with Crippen molar-refractivity contribution in [2.24, 2.45) is 0 Å². The summed E-state index contributed by atoms with van der Waals surface area (Å²) in [4.78, 5) is 11.4. The van der Waals surface area contributed by atoms with Crippen LogP contribution >= 0.6 is 0 Å². The topological polar surface area (TPSA) is 77.2 Å². The minimum absolute atomic E-state index is 0.192. The number of carbonyl (C=O) groups is 1. The molecule has 23 heavy (non-hydrogen) atoms. The van der Waals surface area contributed by atoms with Gasteiger partial charge in [-0.1, -0.05) is 17.3 Å². The summed E-state index contributed by atoms with van der Waals surface area (Å²) < 4.78 is 19.6. The van der Waals surface area contributed by atoms with Crippen molar-refractivity contribution in [2.75, 3.05) is 7.11 Å². The molecule has 6 nitrogen and oxygen atoms in total. The summed E-state index contributed by atoms with van der Waals surface area (Å²) >= 11 is 0. The Morgan fingerprint density at radius 1 is 1.22 bits per heavy atom. The van der Waals surface area contributed by atoms with Gasteiger partial charge < -0.3 is 9.84 Å². The van der Waals surface area contributed by atoms with E-state index in [0.29, 0.717) is 22.7 Å². The number of ether oxygens (including phenoxy) is 1. The Morgan fingerprint density at radius 2 is 1.96 bits per heavy atom. The fourth-order valence-electron chi connectivity index (χ4n) is 2.22. The van der Waals surface area contributed by atoms with E-state index in [1.165, 1.54) is 36.1 Å². The molecule has 0 unspecified atom stereocenters. The number of carboxylic acid groups (broad SMARTS) is 1. The molecule has 0 aliphatic carbocycles. The highest BCUT2D eigenvalue weighted by atomic mass is 19.1. The number of carboxylic acids is 1. The van der Waals surface area contributed by atoms with Crippen molar-refractivity contribution in [3.05, 3.63) is 60.0 Å². The second kappa shape index (κ2) is 5.88. The van der Waals surface area contributed by atoms with Gasteiger partial charge in [0.15, 0.2) is 5.69 Å². The molecule has 3 rings (SSSR count). The van der Waals surface area contributed by atoms with E-state index in [-0.39, 0.29) is 5.69 Å². The summed E-state index contributed by atoms with van der Waals surface area (Å²) in [6.07, 6.45) is 0. The lowest BCUT2D eigenvalue weighted by Crippen LogP contribution is -2.03. The Hall–Kier alpha value is -3.22. The van der Waals surface area contributed by atoms with Crippen LogP contribution in [0.25, 0.3) is 16.9 Å². The number of benzene rings is 2. The van der Waals surface area contributed by atoms with Crippen LogP contribution in [-0.2, 0) is 0 Å². The van der Waals surface area contributed by atoms with Crippen LogP contribution in [0, 0.1) is 5.82 Å². The summed E-state index contributed by atoms with van der Waals surface area (Å²) in [5.41, 5.74) is 1.19. The average molecular weight is 313 g/mol. The molecule has 0 saturated heterocycles. The van der Waals surface area contributed by atoms with E-state index >= 15 is 0 Å². The van der Waals surface area contributed by atoms with Crippen molar-refractivity contribution < 1.29 is 19.0 Å². The zero-order valence-corrected chi connectivity index (χ0v) is 12.1. The van der Waals surface area contributed by atoms with Gasteiger partial charge in [-0.25, -0.2) is 13.9 Å². The maximum absolute atomic E-state index is 13.1. The third-order valence-electron chi connectivity index (χ3n) is 3.29. The van der Waals surface area contributed by atoms with Gasteiger partial charge in [0.1, 0.15) is 17.3 Å². The van der Waals surface area contributed by atoms with Crippen LogP contribution in [0.1, 0.15) is 10.5 Å². The Kier molecular flexibility index (Phi) is 3.76. The minimum atomic E-state index is -1.20. The molecule has 0 aliphatic heterocycles. The first-order valence-electron chi connectivity index (χ1n) is 6.69. The molecule has 1 aromatic heterocycles. The molecule has 0 spiro atoms. The molecule has 0 fully saturated rings. The summed E-state index contributed by atoms with van der Waals surface area (Å²) in [6, 6.07) is 12.4. The number of aromatic carboxylic acids is 1. The van der Waals surface area contributed by atoms with E-state index in [2.05, 4.69) is 10.3 Å². The monoisotopic (exact) mass is 313 g/mol. The number of hydrogen-bond donors (Lipinski definition) is 1. The van der Waals surface area contributed by atoms with Gasteiger partial charge in [0.05, 0.1) is 12.8 Å². The van der Waals surface area contributed by atoms with E-state index in [1.54, 1.807) is 24.3 Å². The predicted octanol–water partition coefficient (Wildman–Crippen LogP) is 2.78. The maximum Gasteiger partial charge on any atom is 0.358 e. The molecule has 2 aromatic carbocycles. The van der Waals surface area contributed by atoms with Crippen LogP contribution in [0.4, 0.5) is 4.39 Å². The van der Waals surface area contributed by atoms with E-state index in [9.17, 15) is 14.3 Å². The van der Waals surface area contributed by atoms with Crippen LogP contribution in [0.3, 0.4) is 0 Å². The SMILES string of the molecule is COc1cccc(-c2c(C(=O)O)nnn2-c2ccc(F)cc2)c1. The van der Waals surface area contributed by atoms with Crippen molar-refractivity contribution in [3.63, 3.8) is 0 Å². The average Bonchev–Trinajstić information content (AvgIpc) is 3.01. The first-order chi connectivity index (χ1) is 11.1. The molecule has 0 aliphatic rings. The van der Waals surface area contributed by atoms with Crippen LogP contribution in [0.15, 0.2) is 48.5 Å². The Balaban J connectivity index is 2.22. The second-order valence-corrected chi connectivity index (χ2v) is 4.71. The summed E-state index contributed by atoms with van der Waals surface area (Å²) in [5.74, 6) is -1.02. The number of rotatable bonds is 4. The van der Waals surface area contributed by atoms with E-state index in [0.717, 1.165) is 0 Å². The lowest BCUT2D eigenvalue weighted by atomic mass is 10.1. The smallest absolute Gasteiger partial charge is 0.358 e. The molecule has 1 N–H and O–H groups in total. The maximum atomic E-state index is 13.1. The molecule has 0 atom stereocenters. The number of hydrogen-bond acceptors (Lipinski definition) is 4. The molecule has 0 bridgehead atoms. The number of halogens is 1. The molecular weight excluding hydrogens is 301 g/mol. The van der Waals surface area contributed by atoms with Crippen LogP contribution in [0.5, 0.6) is 5.75 Å². The molecule has 3 aromatic rings. The zero-order valence-electron chi connectivity index (χ0n) is 12.1. The molecule has 0 radical (unpaired) electrons. The van der Waals surface area contributed by atoms with Gasteiger partial charge >= 0.3 is 5.97 Å². The van der Waals surface area contributed by atoms with E-state index in [1.807, 2.05) is 0 Å². The quantitative estimate of drug-likeness (QED) is 0.801.